The molecule has 1 unspecified atom stereocenters. The number of nitrogens with zero attached hydrogens (tertiary/aromatic N) is 1. The van der Waals surface area contributed by atoms with Crippen molar-refractivity contribution in [2.45, 2.75) is 51.6 Å². The molecule has 0 bridgehead atoms. The molecule has 5 heteroatoms. The summed E-state index contributed by atoms with van der Waals surface area (Å²) in [5.74, 6) is -0.923. The molecule has 17 heavy (non-hydrogen) atoms. The molecule has 1 saturated heterocycles. The van der Waals surface area contributed by atoms with Crippen LogP contribution in [-0.2, 0) is 9.59 Å². The number of rotatable bonds is 5. The lowest BCUT2D eigenvalue weighted by Gasteiger charge is -2.44. The van der Waals surface area contributed by atoms with Gasteiger partial charge in [-0.3, -0.25) is 14.5 Å². The highest BCUT2D eigenvalue weighted by Crippen LogP contribution is 2.23. The van der Waals surface area contributed by atoms with Gasteiger partial charge in [-0.05, 0) is 20.3 Å². The number of unbranched alkanes of at least 4 members (excludes halogenated alkanes) is 1. The van der Waals surface area contributed by atoms with Crippen molar-refractivity contribution in [1.82, 2.24) is 10.2 Å². The van der Waals surface area contributed by atoms with Gasteiger partial charge in [-0.15, -0.1) is 0 Å². The molecule has 0 aromatic heterocycles. The van der Waals surface area contributed by atoms with E-state index in [1.54, 1.807) is 13.8 Å². The van der Waals surface area contributed by atoms with Crippen LogP contribution < -0.4 is 5.32 Å². The molecule has 98 valence electrons. The Balaban J connectivity index is 2.84. The molecule has 1 rings (SSSR count). The molecular weight excluding hydrogens is 220 g/mol. The van der Waals surface area contributed by atoms with Crippen LogP contribution in [0.4, 0.5) is 0 Å². The molecule has 0 aromatic rings. The number of carboxylic acid groups (broad SMARTS) is 1. The molecule has 2 N–H and O–H groups in total. The highest BCUT2D eigenvalue weighted by atomic mass is 16.4. The maximum absolute atomic E-state index is 11.8. The fourth-order valence-corrected chi connectivity index (χ4v) is 2.27. The Hall–Kier alpha value is -1.10. The molecule has 0 spiro atoms. The Labute approximate surface area is 102 Å². The van der Waals surface area contributed by atoms with Crippen LogP contribution in [-0.4, -0.2) is 46.6 Å². The van der Waals surface area contributed by atoms with Crippen molar-refractivity contribution in [1.29, 1.82) is 0 Å². The van der Waals surface area contributed by atoms with Gasteiger partial charge in [0.15, 0.2) is 0 Å². The van der Waals surface area contributed by atoms with Gasteiger partial charge in [0.1, 0.15) is 6.04 Å². The first-order chi connectivity index (χ1) is 7.91. The number of piperazine rings is 1. The van der Waals surface area contributed by atoms with Crippen molar-refractivity contribution in [3.63, 3.8) is 0 Å². The van der Waals surface area contributed by atoms with Gasteiger partial charge in [0, 0.05) is 13.1 Å². The number of carbonyl (C=O) groups excluding carboxylic acids is 1. The molecule has 0 aromatic carbocycles. The largest absolute Gasteiger partial charge is 0.480 e. The van der Waals surface area contributed by atoms with Crippen LogP contribution in [0.2, 0.25) is 0 Å². The third-order valence-electron chi connectivity index (χ3n) is 3.40. The first-order valence-corrected chi connectivity index (χ1v) is 6.19. The second-order valence-corrected chi connectivity index (χ2v) is 5.00. The van der Waals surface area contributed by atoms with Gasteiger partial charge in [0.25, 0.3) is 0 Å². The van der Waals surface area contributed by atoms with Crippen LogP contribution in [0.5, 0.6) is 0 Å². The lowest BCUT2D eigenvalue weighted by atomic mass is 9.94. The molecule has 1 aliphatic heterocycles. The monoisotopic (exact) mass is 242 g/mol. The van der Waals surface area contributed by atoms with Crippen molar-refractivity contribution in [3.05, 3.63) is 0 Å². The number of nitrogens with one attached hydrogen (secondary N) is 1. The lowest BCUT2D eigenvalue weighted by molar-refractivity contribution is -0.151. The summed E-state index contributed by atoms with van der Waals surface area (Å²) in [7, 11) is 0. The molecule has 0 saturated carbocycles. The van der Waals surface area contributed by atoms with E-state index < -0.39 is 17.6 Å². The molecular formula is C12H22N2O3. The number of hydrogen-bond donors (Lipinski definition) is 2. The Morgan fingerprint density at radius 2 is 2.24 bits per heavy atom. The Morgan fingerprint density at radius 3 is 2.76 bits per heavy atom. The van der Waals surface area contributed by atoms with E-state index in [4.69, 9.17) is 0 Å². The molecule has 1 aliphatic rings. The van der Waals surface area contributed by atoms with Gasteiger partial charge in [0.2, 0.25) is 5.91 Å². The third-order valence-corrected chi connectivity index (χ3v) is 3.40. The smallest absolute Gasteiger partial charge is 0.320 e. The summed E-state index contributed by atoms with van der Waals surface area (Å²) >= 11 is 0. The molecule has 1 atom stereocenters. The summed E-state index contributed by atoms with van der Waals surface area (Å²) < 4.78 is 0. The first-order valence-electron chi connectivity index (χ1n) is 6.19. The number of amides is 1. The Bertz CT molecular complexity index is 302. The normalized spacial score (nSPS) is 21.9. The second kappa shape index (κ2) is 5.49. The summed E-state index contributed by atoms with van der Waals surface area (Å²) in [5.41, 5.74) is -0.741. The van der Waals surface area contributed by atoms with E-state index >= 15 is 0 Å². The number of carboxylic acids is 1. The number of aliphatic carboxylic acids is 1. The fraction of sp³-hybridized carbons (Fsp3) is 0.833. The zero-order valence-electron chi connectivity index (χ0n) is 10.8. The SMILES string of the molecule is CCCCC(C(=O)O)N1CCNC(=O)C1(C)C. The van der Waals surface area contributed by atoms with Gasteiger partial charge in [-0.2, -0.15) is 0 Å². The predicted molar refractivity (Wildman–Crippen MR) is 64.7 cm³/mol. The van der Waals surface area contributed by atoms with Gasteiger partial charge >= 0.3 is 5.97 Å². The lowest BCUT2D eigenvalue weighted by Crippen LogP contribution is -2.65. The van der Waals surface area contributed by atoms with Crippen LogP contribution in [0, 0.1) is 0 Å². The minimum absolute atomic E-state index is 0.0912. The Kier molecular flexibility index (Phi) is 4.51. The summed E-state index contributed by atoms with van der Waals surface area (Å²) in [6.45, 7) is 6.72. The predicted octanol–water partition coefficient (Wildman–Crippen LogP) is 0.840. The highest BCUT2D eigenvalue weighted by Gasteiger charge is 2.43. The van der Waals surface area contributed by atoms with E-state index in [0.29, 0.717) is 19.5 Å². The van der Waals surface area contributed by atoms with E-state index in [0.717, 1.165) is 12.8 Å². The molecule has 1 amide bonds. The number of hydrogen-bond acceptors (Lipinski definition) is 3. The number of carbonyl (C=O) groups is 2. The van der Waals surface area contributed by atoms with Crippen molar-refractivity contribution in [2.75, 3.05) is 13.1 Å². The van der Waals surface area contributed by atoms with E-state index in [1.807, 2.05) is 11.8 Å². The van der Waals surface area contributed by atoms with E-state index in [-0.39, 0.29) is 5.91 Å². The molecule has 1 heterocycles. The molecule has 0 radical (unpaired) electrons. The molecule has 1 fully saturated rings. The van der Waals surface area contributed by atoms with Gasteiger partial charge in [0.05, 0.1) is 5.54 Å². The van der Waals surface area contributed by atoms with Crippen LogP contribution in [0.25, 0.3) is 0 Å². The van der Waals surface area contributed by atoms with Crippen LogP contribution in [0.15, 0.2) is 0 Å². The minimum Gasteiger partial charge on any atom is -0.480 e. The Morgan fingerprint density at radius 1 is 1.59 bits per heavy atom. The zero-order chi connectivity index (χ0) is 13.1. The average Bonchev–Trinajstić information content (AvgIpc) is 2.24. The fourth-order valence-electron chi connectivity index (χ4n) is 2.27. The maximum Gasteiger partial charge on any atom is 0.320 e. The topological polar surface area (TPSA) is 69.6 Å². The van der Waals surface area contributed by atoms with E-state index in [1.165, 1.54) is 0 Å². The van der Waals surface area contributed by atoms with Gasteiger partial charge in [-0.25, -0.2) is 0 Å². The minimum atomic E-state index is -0.832. The van der Waals surface area contributed by atoms with E-state index in [9.17, 15) is 14.7 Å². The van der Waals surface area contributed by atoms with Crippen molar-refractivity contribution in [2.24, 2.45) is 0 Å². The standard InChI is InChI=1S/C12H22N2O3/c1-4-5-6-9(10(15)16)14-8-7-13-11(17)12(14,2)3/h9H,4-8H2,1-3H3,(H,13,17)(H,15,16). The maximum atomic E-state index is 11.8. The van der Waals surface area contributed by atoms with Crippen molar-refractivity contribution >= 4 is 11.9 Å². The summed E-state index contributed by atoms with van der Waals surface area (Å²) in [5, 5.41) is 12.1. The highest BCUT2D eigenvalue weighted by molar-refractivity contribution is 5.87. The van der Waals surface area contributed by atoms with Crippen LogP contribution >= 0.6 is 0 Å². The van der Waals surface area contributed by atoms with Crippen molar-refractivity contribution < 1.29 is 14.7 Å². The van der Waals surface area contributed by atoms with Crippen LogP contribution in [0.3, 0.4) is 0 Å². The molecule has 0 aliphatic carbocycles. The summed E-state index contributed by atoms with van der Waals surface area (Å²) in [4.78, 5) is 24.9. The first kappa shape index (κ1) is 14.0. The second-order valence-electron chi connectivity index (χ2n) is 5.00. The van der Waals surface area contributed by atoms with Gasteiger partial charge < -0.3 is 10.4 Å². The quantitative estimate of drug-likeness (QED) is 0.749. The average molecular weight is 242 g/mol. The third kappa shape index (κ3) is 2.97. The molecule has 5 nitrogen and oxygen atoms in total. The zero-order valence-corrected chi connectivity index (χ0v) is 10.8. The summed E-state index contributed by atoms with van der Waals surface area (Å²) in [6.07, 6.45) is 2.43. The van der Waals surface area contributed by atoms with Crippen molar-refractivity contribution in [3.8, 4) is 0 Å². The van der Waals surface area contributed by atoms with E-state index in [2.05, 4.69) is 5.32 Å². The van der Waals surface area contributed by atoms with Crippen LogP contribution in [0.1, 0.15) is 40.0 Å². The summed E-state index contributed by atoms with van der Waals surface area (Å²) in [6, 6.07) is -0.559. The van der Waals surface area contributed by atoms with Gasteiger partial charge in [-0.1, -0.05) is 19.8 Å².